The van der Waals surface area contributed by atoms with E-state index in [9.17, 15) is 9.59 Å². The summed E-state index contributed by atoms with van der Waals surface area (Å²) in [6.07, 6.45) is 1.43. The van der Waals surface area contributed by atoms with Crippen LogP contribution < -0.4 is 10.2 Å². The SMILES string of the molecule is CCOC(=O)C1=C(C)N(CC(=O)Nc2ccc(C)c(C)c2)c2ncnn2C1c1ccccc1. The monoisotopic (exact) mass is 445 g/mol. The van der Waals surface area contributed by atoms with Crippen LogP contribution in [-0.4, -0.2) is 39.8 Å². The van der Waals surface area contributed by atoms with Gasteiger partial charge in [0.1, 0.15) is 18.9 Å². The van der Waals surface area contributed by atoms with Crippen LogP contribution in [0.3, 0.4) is 0 Å². The highest BCUT2D eigenvalue weighted by Gasteiger charge is 2.38. The summed E-state index contributed by atoms with van der Waals surface area (Å²) in [5.74, 6) is -0.178. The molecule has 170 valence electrons. The third kappa shape index (κ3) is 4.37. The summed E-state index contributed by atoms with van der Waals surface area (Å²) in [5.41, 5.74) is 4.89. The molecule has 1 aliphatic rings. The Morgan fingerprint density at radius 2 is 1.82 bits per heavy atom. The molecule has 0 fully saturated rings. The number of carbonyl (C=O) groups is 2. The summed E-state index contributed by atoms with van der Waals surface area (Å²) in [6, 6.07) is 14.9. The van der Waals surface area contributed by atoms with Gasteiger partial charge < -0.3 is 15.0 Å². The first kappa shape index (κ1) is 22.3. The predicted molar refractivity (Wildman–Crippen MR) is 126 cm³/mol. The van der Waals surface area contributed by atoms with Crippen molar-refractivity contribution in [2.75, 3.05) is 23.4 Å². The summed E-state index contributed by atoms with van der Waals surface area (Å²) in [4.78, 5) is 32.1. The normalized spacial score (nSPS) is 15.3. The number of nitrogens with zero attached hydrogens (tertiary/aromatic N) is 4. The maximum Gasteiger partial charge on any atom is 0.338 e. The van der Waals surface area contributed by atoms with Crippen molar-refractivity contribution >= 4 is 23.5 Å². The van der Waals surface area contributed by atoms with Crippen LogP contribution in [0.1, 0.15) is 36.6 Å². The molecule has 0 aliphatic carbocycles. The maximum atomic E-state index is 13.0. The summed E-state index contributed by atoms with van der Waals surface area (Å²) in [5, 5.41) is 7.33. The van der Waals surface area contributed by atoms with E-state index < -0.39 is 12.0 Å². The Bertz CT molecular complexity index is 1220. The number of nitrogens with one attached hydrogen (secondary N) is 1. The molecule has 8 nitrogen and oxygen atoms in total. The first-order valence-electron chi connectivity index (χ1n) is 10.9. The maximum absolute atomic E-state index is 13.0. The second kappa shape index (κ2) is 9.28. The minimum absolute atomic E-state index is 0.0259. The standard InChI is InChI=1S/C25H27N5O3/c1-5-33-24(32)22-18(4)29(14-21(31)28-20-12-11-16(2)17(3)13-20)25-26-15-27-30(25)23(22)19-9-7-6-8-10-19/h6-13,15,23H,5,14H2,1-4H3,(H,28,31). The van der Waals surface area contributed by atoms with Crippen molar-refractivity contribution < 1.29 is 14.3 Å². The fourth-order valence-electron chi connectivity index (χ4n) is 4.00. The zero-order valence-electron chi connectivity index (χ0n) is 19.2. The number of allylic oxidation sites excluding steroid dienone is 1. The van der Waals surface area contributed by atoms with Gasteiger partial charge in [0, 0.05) is 11.4 Å². The molecular weight excluding hydrogens is 418 g/mol. The van der Waals surface area contributed by atoms with Crippen LogP contribution in [0.15, 0.2) is 66.1 Å². The van der Waals surface area contributed by atoms with Gasteiger partial charge in [-0.1, -0.05) is 36.4 Å². The smallest absolute Gasteiger partial charge is 0.338 e. The third-order valence-corrected chi connectivity index (χ3v) is 5.81. The number of hydrogen-bond acceptors (Lipinski definition) is 6. The van der Waals surface area contributed by atoms with E-state index in [1.807, 2.05) is 69.3 Å². The zero-order chi connectivity index (χ0) is 23.5. The van der Waals surface area contributed by atoms with Gasteiger partial charge in [-0.2, -0.15) is 10.1 Å². The van der Waals surface area contributed by atoms with Crippen molar-refractivity contribution in [1.82, 2.24) is 14.8 Å². The zero-order valence-corrected chi connectivity index (χ0v) is 19.2. The molecule has 1 atom stereocenters. The molecule has 3 aromatic rings. The lowest BCUT2D eigenvalue weighted by Gasteiger charge is -2.35. The fourth-order valence-corrected chi connectivity index (χ4v) is 4.00. The third-order valence-electron chi connectivity index (χ3n) is 5.81. The topological polar surface area (TPSA) is 89.3 Å². The lowest BCUT2D eigenvalue weighted by atomic mass is 9.95. The molecule has 1 amide bonds. The van der Waals surface area contributed by atoms with Crippen molar-refractivity contribution in [3.63, 3.8) is 0 Å². The van der Waals surface area contributed by atoms with E-state index in [1.54, 1.807) is 16.5 Å². The van der Waals surface area contributed by atoms with Gasteiger partial charge in [0.2, 0.25) is 11.9 Å². The summed E-state index contributed by atoms with van der Waals surface area (Å²) in [6.45, 7) is 7.82. The van der Waals surface area contributed by atoms with E-state index in [1.165, 1.54) is 6.33 Å². The van der Waals surface area contributed by atoms with Crippen LogP contribution in [0.5, 0.6) is 0 Å². The van der Waals surface area contributed by atoms with Gasteiger partial charge in [0.15, 0.2) is 0 Å². The molecule has 4 rings (SSSR count). The summed E-state index contributed by atoms with van der Waals surface area (Å²) < 4.78 is 7.05. The molecule has 1 aromatic heterocycles. The number of ether oxygens (including phenoxy) is 1. The van der Waals surface area contributed by atoms with Gasteiger partial charge in [-0.25, -0.2) is 9.48 Å². The molecule has 2 aromatic carbocycles. The van der Waals surface area contributed by atoms with Crippen LogP contribution in [0.25, 0.3) is 0 Å². The quantitative estimate of drug-likeness (QED) is 0.581. The molecule has 0 radical (unpaired) electrons. The Morgan fingerprint density at radius 3 is 2.52 bits per heavy atom. The largest absolute Gasteiger partial charge is 0.463 e. The van der Waals surface area contributed by atoms with Gasteiger partial charge in [-0.15, -0.1) is 0 Å². The van der Waals surface area contributed by atoms with E-state index in [-0.39, 0.29) is 19.1 Å². The minimum atomic E-state index is -0.498. The van der Waals surface area contributed by atoms with Crippen molar-refractivity contribution in [2.24, 2.45) is 0 Å². The van der Waals surface area contributed by atoms with Gasteiger partial charge in [-0.05, 0) is 56.5 Å². The van der Waals surface area contributed by atoms with Gasteiger partial charge in [-0.3, -0.25) is 4.79 Å². The van der Waals surface area contributed by atoms with Crippen molar-refractivity contribution in [2.45, 2.75) is 33.7 Å². The molecule has 1 N–H and O–H groups in total. The molecule has 1 aliphatic heterocycles. The summed E-state index contributed by atoms with van der Waals surface area (Å²) >= 11 is 0. The minimum Gasteiger partial charge on any atom is -0.463 e. The van der Waals surface area contributed by atoms with Crippen molar-refractivity contribution in [1.29, 1.82) is 0 Å². The fraction of sp³-hybridized carbons (Fsp3) is 0.280. The molecule has 33 heavy (non-hydrogen) atoms. The second-order valence-electron chi connectivity index (χ2n) is 7.97. The van der Waals surface area contributed by atoms with Crippen LogP contribution in [0.2, 0.25) is 0 Å². The predicted octanol–water partition coefficient (Wildman–Crippen LogP) is 3.78. The lowest BCUT2D eigenvalue weighted by molar-refractivity contribution is -0.139. The average molecular weight is 446 g/mol. The number of carbonyl (C=O) groups excluding carboxylic acids is 2. The number of fused-ring (bicyclic) bond motifs is 1. The van der Waals surface area contributed by atoms with Crippen LogP contribution in [0, 0.1) is 13.8 Å². The first-order chi connectivity index (χ1) is 15.9. The van der Waals surface area contributed by atoms with E-state index in [4.69, 9.17) is 4.74 Å². The molecule has 0 bridgehead atoms. The molecule has 2 heterocycles. The van der Waals surface area contributed by atoms with Gasteiger partial charge in [0.05, 0.1) is 12.2 Å². The Labute approximate surface area is 192 Å². The highest BCUT2D eigenvalue weighted by atomic mass is 16.5. The first-order valence-corrected chi connectivity index (χ1v) is 10.9. The number of aromatic nitrogens is 3. The molecular formula is C25H27N5O3. The Balaban J connectivity index is 1.70. The van der Waals surface area contributed by atoms with Crippen molar-refractivity contribution in [3.05, 3.63) is 82.8 Å². The van der Waals surface area contributed by atoms with Crippen molar-refractivity contribution in [3.8, 4) is 0 Å². The number of rotatable bonds is 6. The Hall–Kier alpha value is -3.94. The second-order valence-corrected chi connectivity index (χ2v) is 7.97. The lowest BCUT2D eigenvalue weighted by Crippen LogP contribution is -2.40. The summed E-state index contributed by atoms with van der Waals surface area (Å²) in [7, 11) is 0. The van der Waals surface area contributed by atoms with Crippen LogP contribution in [0.4, 0.5) is 11.6 Å². The molecule has 0 saturated carbocycles. The highest BCUT2D eigenvalue weighted by Crippen LogP contribution is 2.38. The number of benzene rings is 2. The van der Waals surface area contributed by atoms with Gasteiger partial charge >= 0.3 is 5.97 Å². The van der Waals surface area contributed by atoms with E-state index >= 15 is 0 Å². The number of hydrogen-bond donors (Lipinski definition) is 1. The molecule has 1 unspecified atom stereocenters. The van der Waals surface area contributed by atoms with E-state index in [0.717, 1.165) is 22.4 Å². The number of esters is 1. The Morgan fingerprint density at radius 1 is 1.06 bits per heavy atom. The van der Waals surface area contributed by atoms with Crippen LogP contribution >= 0.6 is 0 Å². The van der Waals surface area contributed by atoms with E-state index in [2.05, 4.69) is 15.4 Å². The number of amides is 1. The average Bonchev–Trinajstić information content (AvgIpc) is 3.28. The van der Waals surface area contributed by atoms with Gasteiger partial charge in [0.25, 0.3) is 0 Å². The van der Waals surface area contributed by atoms with E-state index in [0.29, 0.717) is 17.2 Å². The molecule has 0 saturated heterocycles. The molecule has 0 spiro atoms. The van der Waals surface area contributed by atoms with Crippen LogP contribution in [-0.2, 0) is 14.3 Å². The number of aryl methyl sites for hydroxylation is 2. The number of anilines is 2. The highest BCUT2D eigenvalue weighted by molar-refractivity contribution is 5.96. The molecule has 8 heteroatoms. The Kier molecular flexibility index (Phi) is 6.26.